The van der Waals surface area contributed by atoms with E-state index < -0.39 is 11.6 Å². The first-order valence-electron chi connectivity index (χ1n) is 4.93. The molecule has 18 heavy (non-hydrogen) atoms. The van der Waals surface area contributed by atoms with Crippen LogP contribution in [-0.2, 0) is 5.88 Å². The Labute approximate surface area is 116 Å². The molecule has 2 rings (SSSR count). The van der Waals surface area contributed by atoms with E-state index in [1.54, 1.807) is 0 Å². The maximum atomic E-state index is 13.0. The predicted octanol–water partition coefficient (Wildman–Crippen LogP) is 4.65. The molecule has 1 aromatic carbocycles. The number of ether oxygens (including phenoxy) is 1. The molecule has 0 bridgehead atoms. The summed E-state index contributed by atoms with van der Waals surface area (Å²) in [5.74, 6) is -0.230. The van der Waals surface area contributed by atoms with Crippen LogP contribution in [0.2, 0.25) is 0 Å². The molecule has 2 aromatic rings. The lowest BCUT2D eigenvalue weighted by molar-refractivity contribution is 0.452. The van der Waals surface area contributed by atoms with Gasteiger partial charge in [-0.2, -0.15) is 0 Å². The fourth-order valence-electron chi connectivity index (χ4n) is 1.31. The van der Waals surface area contributed by atoms with Crippen molar-refractivity contribution in [2.75, 3.05) is 0 Å². The summed E-state index contributed by atoms with van der Waals surface area (Å²) in [6.45, 7) is 0. The van der Waals surface area contributed by atoms with Gasteiger partial charge in [-0.25, -0.2) is 13.8 Å². The van der Waals surface area contributed by atoms with E-state index in [-0.39, 0.29) is 16.2 Å². The summed E-state index contributed by atoms with van der Waals surface area (Å²) >= 11 is 8.72. The molecule has 0 saturated carbocycles. The third-order valence-electron chi connectivity index (χ3n) is 2.14. The van der Waals surface area contributed by atoms with E-state index in [1.807, 2.05) is 0 Å². The van der Waals surface area contributed by atoms with Crippen molar-refractivity contribution in [3.8, 4) is 11.6 Å². The quantitative estimate of drug-likeness (QED) is 0.762. The van der Waals surface area contributed by atoms with E-state index in [2.05, 4.69) is 20.9 Å². The summed E-state index contributed by atoms with van der Waals surface area (Å²) in [5.41, 5.74) is 0.428. The summed E-state index contributed by atoms with van der Waals surface area (Å²) in [6, 6.07) is 5.40. The fraction of sp³-hybridized carbons (Fsp3) is 0.0833. The minimum absolute atomic E-state index is 0.0719. The van der Waals surface area contributed by atoms with Crippen molar-refractivity contribution in [1.29, 1.82) is 0 Å². The summed E-state index contributed by atoms with van der Waals surface area (Å²) in [4.78, 5) is 3.81. The number of aromatic nitrogens is 1. The third-order valence-corrected chi connectivity index (χ3v) is 3.04. The van der Waals surface area contributed by atoms with Gasteiger partial charge >= 0.3 is 0 Å². The molecule has 1 heterocycles. The predicted molar refractivity (Wildman–Crippen MR) is 67.9 cm³/mol. The van der Waals surface area contributed by atoms with Crippen molar-refractivity contribution >= 4 is 27.5 Å². The van der Waals surface area contributed by atoms with Crippen LogP contribution in [0, 0.1) is 11.6 Å². The van der Waals surface area contributed by atoms with Gasteiger partial charge < -0.3 is 4.74 Å². The second kappa shape index (κ2) is 5.63. The molecular formula is C12H7BrClF2NO. The summed E-state index contributed by atoms with van der Waals surface area (Å²) in [6.07, 6.45) is 1.03. The molecule has 0 atom stereocenters. The molecule has 0 spiro atoms. The first-order chi connectivity index (χ1) is 8.60. The third kappa shape index (κ3) is 2.97. The minimum Gasteiger partial charge on any atom is -0.439 e. The standard InChI is InChI=1S/C12H7BrClF2NO/c13-10-4-9(1-2-11(10)16)18-12-7(5-14)3-8(15)6-17-12/h1-4,6H,5H2. The summed E-state index contributed by atoms with van der Waals surface area (Å²) < 4.78 is 31.7. The second-order valence-corrected chi connectivity index (χ2v) is 4.55. The highest BCUT2D eigenvalue weighted by atomic mass is 79.9. The monoisotopic (exact) mass is 333 g/mol. The van der Waals surface area contributed by atoms with Crippen LogP contribution in [0.15, 0.2) is 34.9 Å². The maximum Gasteiger partial charge on any atom is 0.223 e. The van der Waals surface area contributed by atoms with E-state index in [1.165, 1.54) is 24.3 Å². The summed E-state index contributed by atoms with van der Waals surface area (Å²) in [5, 5.41) is 0. The molecule has 0 amide bonds. The molecule has 0 saturated heterocycles. The lowest BCUT2D eigenvalue weighted by Crippen LogP contribution is -1.94. The van der Waals surface area contributed by atoms with Gasteiger partial charge in [-0.05, 0) is 40.2 Å². The Balaban J connectivity index is 2.30. The van der Waals surface area contributed by atoms with Crippen LogP contribution >= 0.6 is 27.5 Å². The fourth-order valence-corrected chi connectivity index (χ4v) is 1.86. The van der Waals surface area contributed by atoms with Crippen LogP contribution in [0.1, 0.15) is 5.56 Å². The topological polar surface area (TPSA) is 22.1 Å². The Morgan fingerprint density at radius 1 is 1.28 bits per heavy atom. The smallest absolute Gasteiger partial charge is 0.223 e. The van der Waals surface area contributed by atoms with E-state index in [0.29, 0.717) is 11.3 Å². The Hall–Kier alpha value is -1.20. The molecule has 2 nitrogen and oxygen atoms in total. The highest BCUT2D eigenvalue weighted by Crippen LogP contribution is 2.28. The second-order valence-electron chi connectivity index (χ2n) is 3.43. The first kappa shape index (κ1) is 13.2. The number of halogens is 4. The largest absolute Gasteiger partial charge is 0.439 e. The Morgan fingerprint density at radius 3 is 2.72 bits per heavy atom. The van der Waals surface area contributed by atoms with E-state index in [9.17, 15) is 8.78 Å². The number of benzene rings is 1. The number of hydrogen-bond donors (Lipinski definition) is 0. The van der Waals surface area contributed by atoms with Gasteiger partial charge in [0.05, 0.1) is 16.5 Å². The lowest BCUT2D eigenvalue weighted by atomic mass is 10.3. The Morgan fingerprint density at radius 2 is 2.06 bits per heavy atom. The van der Waals surface area contributed by atoms with E-state index in [4.69, 9.17) is 16.3 Å². The van der Waals surface area contributed by atoms with Gasteiger partial charge in [-0.15, -0.1) is 11.6 Å². The van der Waals surface area contributed by atoms with Crippen molar-refractivity contribution in [1.82, 2.24) is 4.98 Å². The van der Waals surface area contributed by atoms with E-state index >= 15 is 0 Å². The molecule has 0 radical (unpaired) electrons. The molecule has 0 aliphatic heterocycles. The molecule has 0 N–H and O–H groups in total. The first-order valence-corrected chi connectivity index (χ1v) is 6.26. The molecule has 0 aliphatic carbocycles. The van der Waals surface area contributed by atoms with Crippen molar-refractivity contribution < 1.29 is 13.5 Å². The summed E-state index contributed by atoms with van der Waals surface area (Å²) in [7, 11) is 0. The molecule has 6 heteroatoms. The van der Waals surface area contributed by atoms with Gasteiger partial charge in [-0.1, -0.05) is 0 Å². The van der Waals surface area contributed by atoms with Crippen LogP contribution in [0.25, 0.3) is 0 Å². The maximum absolute atomic E-state index is 13.0. The zero-order chi connectivity index (χ0) is 13.1. The molecular weight excluding hydrogens is 327 g/mol. The zero-order valence-corrected chi connectivity index (χ0v) is 11.3. The van der Waals surface area contributed by atoms with Gasteiger partial charge in [0.25, 0.3) is 0 Å². The van der Waals surface area contributed by atoms with Crippen LogP contribution in [0.4, 0.5) is 8.78 Å². The minimum atomic E-state index is -0.488. The van der Waals surface area contributed by atoms with E-state index in [0.717, 1.165) is 6.20 Å². The zero-order valence-electron chi connectivity index (χ0n) is 8.96. The van der Waals surface area contributed by atoms with Crippen molar-refractivity contribution in [3.05, 3.63) is 52.1 Å². The van der Waals surface area contributed by atoms with Gasteiger partial charge in [-0.3, -0.25) is 0 Å². The number of nitrogens with zero attached hydrogens (tertiary/aromatic N) is 1. The normalized spacial score (nSPS) is 10.4. The molecule has 0 unspecified atom stereocenters. The number of rotatable bonds is 3. The highest BCUT2D eigenvalue weighted by Gasteiger charge is 2.09. The molecule has 0 fully saturated rings. The number of pyridine rings is 1. The average molecular weight is 335 g/mol. The Kier molecular flexibility index (Phi) is 4.14. The lowest BCUT2D eigenvalue weighted by Gasteiger charge is -2.08. The molecule has 94 valence electrons. The van der Waals surface area contributed by atoms with Crippen LogP contribution in [0.3, 0.4) is 0 Å². The number of alkyl halides is 1. The van der Waals surface area contributed by atoms with Gasteiger partial charge in [0.15, 0.2) is 0 Å². The van der Waals surface area contributed by atoms with Crippen molar-refractivity contribution in [2.24, 2.45) is 0 Å². The van der Waals surface area contributed by atoms with Gasteiger partial charge in [0.1, 0.15) is 17.4 Å². The Bertz CT molecular complexity index is 580. The number of hydrogen-bond acceptors (Lipinski definition) is 2. The van der Waals surface area contributed by atoms with Crippen molar-refractivity contribution in [3.63, 3.8) is 0 Å². The average Bonchev–Trinajstić information content (AvgIpc) is 2.36. The SMILES string of the molecule is Fc1cnc(Oc2ccc(F)c(Br)c2)c(CCl)c1. The highest BCUT2D eigenvalue weighted by molar-refractivity contribution is 9.10. The van der Waals surface area contributed by atoms with Gasteiger partial charge in [0, 0.05) is 5.56 Å². The van der Waals surface area contributed by atoms with Crippen molar-refractivity contribution in [2.45, 2.75) is 5.88 Å². The molecule has 0 aliphatic rings. The van der Waals surface area contributed by atoms with Crippen LogP contribution < -0.4 is 4.74 Å². The van der Waals surface area contributed by atoms with Crippen LogP contribution in [0.5, 0.6) is 11.6 Å². The molecule has 1 aromatic heterocycles. The van der Waals surface area contributed by atoms with Gasteiger partial charge in [0.2, 0.25) is 5.88 Å². The van der Waals surface area contributed by atoms with Crippen LogP contribution in [-0.4, -0.2) is 4.98 Å².